The molecule has 0 radical (unpaired) electrons. The Morgan fingerprint density at radius 3 is 2.00 bits per heavy atom. The van der Waals surface area contributed by atoms with E-state index in [2.05, 4.69) is 0 Å². The number of hydrogen-bond donors (Lipinski definition) is 2. The van der Waals surface area contributed by atoms with E-state index < -0.39 is 30.0 Å². The van der Waals surface area contributed by atoms with Gasteiger partial charge in [0.15, 0.2) is 0 Å². The fourth-order valence-corrected chi connectivity index (χ4v) is 3.31. The van der Waals surface area contributed by atoms with Crippen LogP contribution in [-0.2, 0) is 20.2 Å². The predicted molar refractivity (Wildman–Crippen MR) is 69.3 cm³/mol. The van der Waals surface area contributed by atoms with Crippen LogP contribution in [0.25, 0.3) is 6.08 Å². The molecule has 0 saturated carbocycles. The topological polar surface area (TPSA) is 109 Å². The maximum atomic E-state index is 11.1. The van der Waals surface area contributed by atoms with Gasteiger partial charge in [-0.2, -0.15) is 16.8 Å². The van der Waals surface area contributed by atoms with Crippen molar-refractivity contribution in [2.45, 2.75) is 16.7 Å². The van der Waals surface area contributed by atoms with Gasteiger partial charge in [-0.15, -0.1) is 0 Å². The van der Waals surface area contributed by atoms with Gasteiger partial charge in [-0.05, 0) is 18.6 Å². The van der Waals surface area contributed by atoms with Crippen molar-refractivity contribution in [1.29, 1.82) is 0 Å². The van der Waals surface area contributed by atoms with E-state index in [1.807, 2.05) is 0 Å². The van der Waals surface area contributed by atoms with Gasteiger partial charge >= 0.3 is 37.7 Å². The first-order valence-electron chi connectivity index (χ1n) is 4.38. The molecule has 9 heteroatoms. The molecule has 1 aromatic rings. The second-order valence-electron chi connectivity index (χ2n) is 3.12. The van der Waals surface area contributed by atoms with Gasteiger partial charge in [-0.1, -0.05) is 24.3 Å². The fourth-order valence-electron chi connectivity index (χ4n) is 1.32. The average Bonchev–Trinajstić information content (AvgIpc) is 2.14. The Kier molecular flexibility index (Phi) is 6.48. The van der Waals surface area contributed by atoms with Crippen molar-refractivity contribution in [3.05, 3.63) is 29.8 Å². The molecule has 0 aliphatic heterocycles. The first-order valence-corrected chi connectivity index (χ1v) is 7.26. The molecule has 0 amide bonds. The number of rotatable bonds is 3. The summed E-state index contributed by atoms with van der Waals surface area (Å²) < 4.78 is 62.2. The van der Waals surface area contributed by atoms with Gasteiger partial charge in [0.1, 0.15) is 9.79 Å². The molecule has 0 aliphatic carbocycles. The molecule has 98 valence electrons. The molecular weight excluding hydrogens is 308 g/mol. The van der Waals surface area contributed by atoms with Crippen LogP contribution in [0.15, 0.2) is 34.1 Å². The molecule has 1 aromatic carbocycles. The first kappa shape index (κ1) is 18.0. The SMILES string of the molecule is CC=Cc1cccc(S(=O)(=O)O)c1S(=O)(=O)O.[CaH2]. The Morgan fingerprint density at radius 2 is 1.61 bits per heavy atom. The Morgan fingerprint density at radius 1 is 1.06 bits per heavy atom. The molecule has 0 spiro atoms. The third-order valence-corrected chi connectivity index (χ3v) is 3.89. The van der Waals surface area contributed by atoms with Crippen molar-refractivity contribution in [3.63, 3.8) is 0 Å². The summed E-state index contributed by atoms with van der Waals surface area (Å²) in [5, 5.41) is 0. The minimum atomic E-state index is -4.76. The maximum absolute atomic E-state index is 11.1. The van der Waals surface area contributed by atoms with Crippen LogP contribution < -0.4 is 0 Å². The van der Waals surface area contributed by atoms with E-state index in [1.165, 1.54) is 24.3 Å². The van der Waals surface area contributed by atoms with Gasteiger partial charge in [-0.3, -0.25) is 9.11 Å². The molecule has 0 unspecified atom stereocenters. The van der Waals surface area contributed by atoms with Gasteiger partial charge < -0.3 is 0 Å². The minimum absolute atomic E-state index is 0. The molecule has 0 heterocycles. The number of allylic oxidation sites excluding steroid dienone is 1. The quantitative estimate of drug-likeness (QED) is 0.612. The zero-order valence-corrected chi connectivity index (χ0v) is 10.4. The molecule has 0 bridgehead atoms. The summed E-state index contributed by atoms with van der Waals surface area (Å²) in [7, 11) is -9.49. The molecule has 18 heavy (non-hydrogen) atoms. The van der Waals surface area contributed by atoms with Crippen LogP contribution in [0.5, 0.6) is 0 Å². The zero-order chi connectivity index (χ0) is 13.3. The van der Waals surface area contributed by atoms with Gasteiger partial charge in [-0.25, -0.2) is 0 Å². The summed E-state index contributed by atoms with van der Waals surface area (Å²) in [5.74, 6) is 0. The van der Waals surface area contributed by atoms with E-state index in [4.69, 9.17) is 9.11 Å². The van der Waals surface area contributed by atoms with Crippen molar-refractivity contribution in [1.82, 2.24) is 0 Å². The molecular formula is C9H12CaO6S2. The second-order valence-corrected chi connectivity index (χ2v) is 5.87. The summed E-state index contributed by atoms with van der Waals surface area (Å²) in [6.45, 7) is 1.59. The van der Waals surface area contributed by atoms with Crippen LogP contribution >= 0.6 is 0 Å². The monoisotopic (exact) mass is 320 g/mol. The summed E-state index contributed by atoms with van der Waals surface area (Å²) in [6.07, 6.45) is 2.77. The van der Waals surface area contributed by atoms with Crippen LogP contribution in [0.4, 0.5) is 0 Å². The van der Waals surface area contributed by atoms with Gasteiger partial charge in [0.05, 0.1) is 0 Å². The molecule has 0 aromatic heterocycles. The van der Waals surface area contributed by atoms with E-state index in [0.717, 1.165) is 6.07 Å². The van der Waals surface area contributed by atoms with Crippen molar-refractivity contribution in [3.8, 4) is 0 Å². The van der Waals surface area contributed by atoms with E-state index in [1.54, 1.807) is 6.92 Å². The van der Waals surface area contributed by atoms with Gasteiger partial charge in [0.25, 0.3) is 20.2 Å². The van der Waals surface area contributed by atoms with Crippen LogP contribution in [0.1, 0.15) is 12.5 Å². The number of benzene rings is 1. The third-order valence-electron chi connectivity index (χ3n) is 1.89. The summed E-state index contributed by atoms with van der Waals surface area (Å²) in [6, 6.07) is 3.45. The van der Waals surface area contributed by atoms with Crippen LogP contribution in [0.3, 0.4) is 0 Å². The molecule has 6 nitrogen and oxygen atoms in total. The van der Waals surface area contributed by atoms with E-state index in [-0.39, 0.29) is 43.3 Å². The molecule has 0 fully saturated rings. The fraction of sp³-hybridized carbons (Fsp3) is 0.111. The molecule has 1 rings (SSSR count). The summed E-state index contributed by atoms with van der Waals surface area (Å²) in [4.78, 5) is -1.68. The van der Waals surface area contributed by atoms with Gasteiger partial charge in [0.2, 0.25) is 0 Å². The van der Waals surface area contributed by atoms with E-state index >= 15 is 0 Å². The molecule has 0 atom stereocenters. The molecule has 2 N–H and O–H groups in total. The van der Waals surface area contributed by atoms with Crippen molar-refractivity contribution >= 4 is 64.1 Å². The Hall–Kier alpha value is 0.0397. The normalized spacial score (nSPS) is 12.4. The van der Waals surface area contributed by atoms with E-state index in [0.29, 0.717) is 0 Å². The predicted octanol–water partition coefficient (Wildman–Crippen LogP) is 0.297. The van der Waals surface area contributed by atoms with E-state index in [9.17, 15) is 16.8 Å². The Labute approximate surface area is 135 Å². The Balaban J connectivity index is 0.00000289. The summed E-state index contributed by atoms with van der Waals surface area (Å²) in [5.41, 5.74) is -0.0230. The van der Waals surface area contributed by atoms with Gasteiger partial charge in [0, 0.05) is 0 Å². The third kappa shape index (κ3) is 4.30. The standard InChI is InChI=1S/C9H10O6S2.Ca.2H/c1-2-4-7-5-3-6-8(16(10,11)12)9(7)17(13,14)15;;;/h2-6H,1H3,(H,10,11,12)(H,13,14,15);;;. The first-order chi connectivity index (χ1) is 7.68. The average molecular weight is 320 g/mol. The number of hydrogen-bond acceptors (Lipinski definition) is 4. The van der Waals surface area contributed by atoms with Crippen LogP contribution in [0.2, 0.25) is 0 Å². The van der Waals surface area contributed by atoms with Crippen LogP contribution in [0, 0.1) is 0 Å². The zero-order valence-electron chi connectivity index (χ0n) is 8.73. The second kappa shape index (κ2) is 6.47. The van der Waals surface area contributed by atoms with Crippen molar-refractivity contribution in [2.75, 3.05) is 0 Å². The Bertz CT molecular complexity index is 660. The van der Waals surface area contributed by atoms with Crippen molar-refractivity contribution < 1.29 is 25.9 Å². The summed E-state index contributed by atoms with van der Waals surface area (Å²) >= 11 is 0. The molecule has 0 saturated heterocycles. The van der Waals surface area contributed by atoms with Crippen molar-refractivity contribution in [2.24, 2.45) is 0 Å². The molecule has 0 aliphatic rings. The van der Waals surface area contributed by atoms with Crippen LogP contribution in [-0.4, -0.2) is 63.7 Å².